The van der Waals surface area contributed by atoms with Crippen molar-refractivity contribution >= 4 is 11.7 Å². The minimum absolute atomic E-state index is 0.183. The molecule has 1 saturated heterocycles. The molecule has 0 bridgehead atoms. The summed E-state index contributed by atoms with van der Waals surface area (Å²) in [5.74, 6) is 2.13. The molecule has 7 heteroatoms. The van der Waals surface area contributed by atoms with Crippen molar-refractivity contribution in [3.8, 4) is 11.5 Å². The molecule has 2 aromatic carbocycles. The topological polar surface area (TPSA) is 66.9 Å². The third-order valence-electron chi connectivity index (χ3n) is 5.57. The molecule has 0 radical (unpaired) electrons. The van der Waals surface area contributed by atoms with Gasteiger partial charge in [0.2, 0.25) is 0 Å². The van der Waals surface area contributed by atoms with E-state index in [1.807, 2.05) is 60.8 Å². The Bertz CT molecular complexity index is 1020. The number of benzene rings is 2. The first-order chi connectivity index (χ1) is 16.2. The van der Waals surface area contributed by atoms with Crippen molar-refractivity contribution in [3.63, 3.8) is 0 Å². The van der Waals surface area contributed by atoms with Crippen LogP contribution in [0.4, 0.5) is 5.82 Å². The van der Waals surface area contributed by atoms with Crippen molar-refractivity contribution in [2.24, 2.45) is 0 Å². The van der Waals surface area contributed by atoms with Gasteiger partial charge in [-0.2, -0.15) is 0 Å². The van der Waals surface area contributed by atoms with Gasteiger partial charge in [0.25, 0.3) is 5.91 Å². The molecule has 4 rings (SSSR count). The molecule has 33 heavy (non-hydrogen) atoms. The van der Waals surface area contributed by atoms with Crippen LogP contribution in [0.3, 0.4) is 0 Å². The summed E-state index contributed by atoms with van der Waals surface area (Å²) in [6, 6.07) is 20.9. The number of amides is 1. The predicted molar refractivity (Wildman–Crippen MR) is 129 cm³/mol. The highest BCUT2D eigenvalue weighted by Crippen LogP contribution is 2.19. The first-order valence-electron chi connectivity index (χ1n) is 11.3. The summed E-state index contributed by atoms with van der Waals surface area (Å²) in [5.41, 5.74) is 1.45. The third kappa shape index (κ3) is 6.46. The van der Waals surface area contributed by atoms with E-state index in [4.69, 9.17) is 9.47 Å². The molecule has 172 valence electrons. The average molecular weight is 447 g/mol. The van der Waals surface area contributed by atoms with Gasteiger partial charge in [-0.15, -0.1) is 0 Å². The van der Waals surface area contributed by atoms with Gasteiger partial charge < -0.3 is 24.6 Å². The smallest absolute Gasteiger partial charge is 0.255 e. The molecule has 1 aliphatic heterocycles. The zero-order chi connectivity index (χ0) is 22.9. The number of hydrogen-bond acceptors (Lipinski definition) is 6. The number of pyridine rings is 1. The summed E-state index contributed by atoms with van der Waals surface area (Å²) in [6.07, 6.45) is 1.83. The zero-order valence-electron chi connectivity index (χ0n) is 18.9. The second-order valence-electron chi connectivity index (χ2n) is 8.00. The summed E-state index contributed by atoms with van der Waals surface area (Å²) in [5, 5.41) is 2.97. The molecule has 1 fully saturated rings. The minimum atomic E-state index is -0.183. The molecule has 0 unspecified atom stereocenters. The largest absolute Gasteiger partial charge is 0.490 e. The molecule has 2 heterocycles. The van der Waals surface area contributed by atoms with E-state index in [9.17, 15) is 4.79 Å². The highest BCUT2D eigenvalue weighted by atomic mass is 16.5. The van der Waals surface area contributed by atoms with E-state index in [1.165, 1.54) is 0 Å². The van der Waals surface area contributed by atoms with E-state index >= 15 is 0 Å². The van der Waals surface area contributed by atoms with Crippen molar-refractivity contribution in [2.75, 3.05) is 51.3 Å². The molecule has 3 aromatic rings. The van der Waals surface area contributed by atoms with Crippen LogP contribution in [0.2, 0.25) is 0 Å². The lowest BCUT2D eigenvalue weighted by Gasteiger charge is -2.33. The summed E-state index contributed by atoms with van der Waals surface area (Å²) >= 11 is 0. The van der Waals surface area contributed by atoms with Crippen LogP contribution in [0.1, 0.15) is 15.9 Å². The first kappa shape index (κ1) is 22.6. The van der Waals surface area contributed by atoms with Gasteiger partial charge in [0.15, 0.2) is 0 Å². The molecular weight excluding hydrogens is 416 g/mol. The lowest BCUT2D eigenvalue weighted by Crippen LogP contribution is -2.44. The number of hydrogen-bond donors (Lipinski definition) is 1. The Morgan fingerprint density at radius 2 is 1.64 bits per heavy atom. The second kappa shape index (κ2) is 11.3. The van der Waals surface area contributed by atoms with Crippen LogP contribution in [-0.4, -0.2) is 62.2 Å². The number of likely N-dealkylation sites (N-methyl/N-ethyl adjacent to an activating group) is 1. The standard InChI is InChI=1S/C26H30N4O3/c1-29-13-15-30(16-14-29)25-12-11-21(19-27-25)20-28-26(31)23-9-5-6-10-24(23)33-18-17-32-22-7-3-2-4-8-22/h2-12,19H,13-18,20H2,1H3,(H,28,31). The number of nitrogens with one attached hydrogen (secondary N) is 1. The molecule has 0 aliphatic carbocycles. The van der Waals surface area contributed by atoms with Gasteiger partial charge in [0.05, 0.1) is 5.56 Å². The van der Waals surface area contributed by atoms with Crippen LogP contribution in [0, 0.1) is 0 Å². The average Bonchev–Trinajstić information content (AvgIpc) is 2.87. The number of carbonyl (C=O) groups is 1. The number of ether oxygens (including phenoxy) is 2. The van der Waals surface area contributed by atoms with Crippen LogP contribution in [0.5, 0.6) is 11.5 Å². The Kier molecular flexibility index (Phi) is 7.76. The van der Waals surface area contributed by atoms with Gasteiger partial charge in [0.1, 0.15) is 30.5 Å². The lowest BCUT2D eigenvalue weighted by molar-refractivity contribution is 0.0945. The Morgan fingerprint density at radius 1 is 0.909 bits per heavy atom. The molecule has 0 atom stereocenters. The number of rotatable bonds is 9. The van der Waals surface area contributed by atoms with Crippen molar-refractivity contribution in [3.05, 3.63) is 84.1 Å². The maximum Gasteiger partial charge on any atom is 0.255 e. The van der Waals surface area contributed by atoms with Crippen LogP contribution in [0.15, 0.2) is 72.9 Å². The Labute approximate surface area is 195 Å². The van der Waals surface area contributed by atoms with Crippen LogP contribution >= 0.6 is 0 Å². The number of aromatic nitrogens is 1. The number of carbonyl (C=O) groups excluding carboxylic acids is 1. The SMILES string of the molecule is CN1CCN(c2ccc(CNC(=O)c3ccccc3OCCOc3ccccc3)cn2)CC1. The molecule has 0 saturated carbocycles. The molecule has 1 aromatic heterocycles. The van der Waals surface area contributed by atoms with Gasteiger partial charge in [0, 0.05) is 38.9 Å². The minimum Gasteiger partial charge on any atom is -0.490 e. The van der Waals surface area contributed by atoms with Crippen molar-refractivity contribution < 1.29 is 14.3 Å². The fourth-order valence-corrected chi connectivity index (χ4v) is 3.63. The fourth-order valence-electron chi connectivity index (χ4n) is 3.63. The van der Waals surface area contributed by atoms with Gasteiger partial charge in [-0.1, -0.05) is 36.4 Å². The molecule has 1 aliphatic rings. The molecule has 0 spiro atoms. The summed E-state index contributed by atoms with van der Waals surface area (Å²) in [7, 11) is 2.14. The third-order valence-corrected chi connectivity index (χ3v) is 5.57. The van der Waals surface area contributed by atoms with Crippen molar-refractivity contribution in [1.29, 1.82) is 0 Å². The molecule has 7 nitrogen and oxygen atoms in total. The molecule has 1 amide bonds. The second-order valence-corrected chi connectivity index (χ2v) is 8.00. The number of anilines is 1. The predicted octanol–water partition coefficient (Wildman–Crippen LogP) is 3.22. The Balaban J connectivity index is 1.27. The van der Waals surface area contributed by atoms with Gasteiger partial charge in [-0.25, -0.2) is 4.98 Å². The van der Waals surface area contributed by atoms with Crippen LogP contribution in [-0.2, 0) is 6.54 Å². The lowest BCUT2D eigenvalue weighted by atomic mass is 10.2. The van der Waals surface area contributed by atoms with E-state index in [0.29, 0.717) is 31.1 Å². The maximum atomic E-state index is 12.8. The van der Waals surface area contributed by atoms with Crippen LogP contribution < -0.4 is 19.7 Å². The molecule has 1 N–H and O–H groups in total. The molecular formula is C26H30N4O3. The first-order valence-corrected chi connectivity index (χ1v) is 11.3. The van der Waals surface area contributed by atoms with E-state index in [0.717, 1.165) is 43.3 Å². The maximum absolute atomic E-state index is 12.8. The summed E-state index contributed by atoms with van der Waals surface area (Å²) in [6.45, 7) is 5.18. The quantitative estimate of drug-likeness (QED) is 0.509. The normalized spacial score (nSPS) is 14.0. The number of nitrogens with zero attached hydrogens (tertiary/aromatic N) is 3. The summed E-state index contributed by atoms with van der Waals surface area (Å²) in [4.78, 5) is 22.0. The monoisotopic (exact) mass is 446 g/mol. The fraction of sp³-hybridized carbons (Fsp3) is 0.308. The Morgan fingerprint density at radius 3 is 2.39 bits per heavy atom. The highest BCUT2D eigenvalue weighted by molar-refractivity contribution is 5.96. The van der Waals surface area contributed by atoms with Gasteiger partial charge >= 0.3 is 0 Å². The number of piperazine rings is 1. The highest BCUT2D eigenvalue weighted by Gasteiger charge is 2.15. The zero-order valence-corrected chi connectivity index (χ0v) is 18.9. The summed E-state index contributed by atoms with van der Waals surface area (Å²) < 4.78 is 11.5. The van der Waals surface area contributed by atoms with E-state index in [1.54, 1.807) is 12.1 Å². The van der Waals surface area contributed by atoms with Crippen LogP contribution in [0.25, 0.3) is 0 Å². The van der Waals surface area contributed by atoms with Crippen molar-refractivity contribution in [1.82, 2.24) is 15.2 Å². The van der Waals surface area contributed by atoms with E-state index in [-0.39, 0.29) is 5.91 Å². The van der Waals surface area contributed by atoms with Gasteiger partial charge in [-0.05, 0) is 42.9 Å². The van der Waals surface area contributed by atoms with E-state index < -0.39 is 0 Å². The van der Waals surface area contributed by atoms with Crippen molar-refractivity contribution in [2.45, 2.75) is 6.54 Å². The van der Waals surface area contributed by atoms with E-state index in [2.05, 4.69) is 27.1 Å². The Hall–Kier alpha value is -3.58. The van der Waals surface area contributed by atoms with Gasteiger partial charge in [-0.3, -0.25) is 4.79 Å². The number of para-hydroxylation sites is 2.